The fraction of sp³-hybridized carbons (Fsp3) is 0.133. The Kier molecular flexibility index (Phi) is 2.83. The topological polar surface area (TPSA) is 62.3 Å². The molecule has 0 spiro atoms. The SMILES string of the molecule is O=C(Nc1nccs1)C1C(=O)N2CC=Cc3cc(F)cc1c32. The van der Waals surface area contributed by atoms with Crippen molar-refractivity contribution in [2.24, 2.45) is 0 Å². The van der Waals surface area contributed by atoms with Crippen molar-refractivity contribution in [1.29, 1.82) is 0 Å². The molecule has 5 nitrogen and oxygen atoms in total. The van der Waals surface area contributed by atoms with E-state index in [0.717, 1.165) is 0 Å². The van der Waals surface area contributed by atoms with Gasteiger partial charge in [-0.2, -0.15) is 0 Å². The van der Waals surface area contributed by atoms with Crippen molar-refractivity contribution in [3.05, 3.63) is 46.7 Å². The minimum Gasteiger partial charge on any atom is -0.307 e. The lowest BCUT2D eigenvalue weighted by molar-refractivity contribution is -0.126. The maximum Gasteiger partial charge on any atom is 0.244 e. The molecule has 2 amide bonds. The van der Waals surface area contributed by atoms with Crippen molar-refractivity contribution in [3.8, 4) is 0 Å². The summed E-state index contributed by atoms with van der Waals surface area (Å²) in [7, 11) is 0. The number of amides is 2. The van der Waals surface area contributed by atoms with Crippen LogP contribution < -0.4 is 10.2 Å². The average molecular weight is 315 g/mol. The zero-order valence-corrected chi connectivity index (χ0v) is 12.1. The van der Waals surface area contributed by atoms with Crippen LogP contribution in [-0.2, 0) is 9.59 Å². The van der Waals surface area contributed by atoms with Gasteiger partial charge in [-0.1, -0.05) is 12.2 Å². The number of anilines is 2. The normalized spacial score (nSPS) is 18.5. The van der Waals surface area contributed by atoms with E-state index in [9.17, 15) is 14.0 Å². The molecular formula is C15H10FN3O2S. The fourth-order valence-electron chi connectivity index (χ4n) is 2.88. The lowest BCUT2D eigenvalue weighted by Gasteiger charge is -2.21. The van der Waals surface area contributed by atoms with E-state index in [1.807, 2.05) is 0 Å². The van der Waals surface area contributed by atoms with E-state index in [-0.39, 0.29) is 5.91 Å². The third-order valence-electron chi connectivity index (χ3n) is 3.74. The summed E-state index contributed by atoms with van der Waals surface area (Å²) in [6.45, 7) is 0.394. The van der Waals surface area contributed by atoms with Crippen LogP contribution in [0.3, 0.4) is 0 Å². The van der Waals surface area contributed by atoms with Gasteiger partial charge in [0.1, 0.15) is 11.7 Å². The molecule has 22 heavy (non-hydrogen) atoms. The molecule has 1 N–H and O–H groups in total. The summed E-state index contributed by atoms with van der Waals surface area (Å²) in [5.74, 6) is -2.31. The van der Waals surface area contributed by atoms with Crippen molar-refractivity contribution < 1.29 is 14.0 Å². The number of benzene rings is 1. The quantitative estimate of drug-likeness (QED) is 0.866. The van der Waals surface area contributed by atoms with Gasteiger partial charge >= 0.3 is 0 Å². The monoisotopic (exact) mass is 315 g/mol. The molecule has 1 atom stereocenters. The van der Waals surface area contributed by atoms with Crippen molar-refractivity contribution in [2.45, 2.75) is 5.92 Å². The Hall–Kier alpha value is -2.54. The minimum atomic E-state index is -1.03. The van der Waals surface area contributed by atoms with E-state index in [1.165, 1.54) is 28.4 Å². The Labute approximate surface area is 129 Å². The van der Waals surface area contributed by atoms with Crippen molar-refractivity contribution in [1.82, 2.24) is 4.98 Å². The highest BCUT2D eigenvalue weighted by molar-refractivity contribution is 7.13. The lowest BCUT2D eigenvalue weighted by atomic mass is 9.97. The van der Waals surface area contributed by atoms with Gasteiger partial charge in [0.15, 0.2) is 5.13 Å². The van der Waals surface area contributed by atoms with Gasteiger partial charge in [-0.3, -0.25) is 9.59 Å². The number of halogens is 1. The first kappa shape index (κ1) is 13.1. The van der Waals surface area contributed by atoms with Gasteiger partial charge in [-0.05, 0) is 12.1 Å². The van der Waals surface area contributed by atoms with Crippen LogP contribution in [0.2, 0.25) is 0 Å². The number of nitrogens with one attached hydrogen (secondary N) is 1. The summed E-state index contributed by atoms with van der Waals surface area (Å²) in [5.41, 5.74) is 1.67. The Morgan fingerprint density at radius 3 is 3.09 bits per heavy atom. The molecule has 2 aliphatic rings. The number of aromatic nitrogens is 1. The summed E-state index contributed by atoms with van der Waals surface area (Å²) in [6, 6.07) is 2.64. The number of nitrogens with zero attached hydrogens (tertiary/aromatic N) is 2. The highest BCUT2D eigenvalue weighted by atomic mass is 32.1. The molecular weight excluding hydrogens is 305 g/mol. The number of carbonyl (C=O) groups is 2. The van der Waals surface area contributed by atoms with Gasteiger partial charge in [0.2, 0.25) is 11.8 Å². The van der Waals surface area contributed by atoms with Gasteiger partial charge in [0.25, 0.3) is 0 Å². The number of hydrogen-bond acceptors (Lipinski definition) is 4. The minimum absolute atomic E-state index is 0.333. The van der Waals surface area contributed by atoms with Crippen molar-refractivity contribution in [2.75, 3.05) is 16.8 Å². The van der Waals surface area contributed by atoms with Crippen molar-refractivity contribution in [3.63, 3.8) is 0 Å². The zero-order valence-electron chi connectivity index (χ0n) is 11.2. The summed E-state index contributed by atoms with van der Waals surface area (Å²) in [5, 5.41) is 4.76. The third kappa shape index (κ3) is 1.86. The first-order valence-corrected chi connectivity index (χ1v) is 7.55. The van der Waals surface area contributed by atoms with E-state index < -0.39 is 17.6 Å². The van der Waals surface area contributed by atoms with Gasteiger partial charge in [-0.15, -0.1) is 11.3 Å². The summed E-state index contributed by atoms with van der Waals surface area (Å²) in [4.78, 5) is 30.5. The molecule has 2 aliphatic heterocycles. The van der Waals surface area contributed by atoms with Crippen LogP contribution >= 0.6 is 11.3 Å². The van der Waals surface area contributed by atoms with E-state index in [0.29, 0.717) is 28.5 Å². The molecule has 1 aromatic heterocycles. The molecule has 1 aromatic carbocycles. The summed E-state index contributed by atoms with van der Waals surface area (Å²) in [6.07, 6.45) is 5.12. The Morgan fingerprint density at radius 2 is 2.32 bits per heavy atom. The molecule has 0 bridgehead atoms. The Bertz CT molecular complexity index is 816. The van der Waals surface area contributed by atoms with Gasteiger partial charge in [-0.25, -0.2) is 9.37 Å². The molecule has 0 radical (unpaired) electrons. The Morgan fingerprint density at radius 1 is 1.45 bits per heavy atom. The second-order valence-electron chi connectivity index (χ2n) is 5.04. The van der Waals surface area contributed by atoms with Crippen LogP contribution in [0, 0.1) is 5.82 Å². The second kappa shape index (κ2) is 4.74. The van der Waals surface area contributed by atoms with E-state index in [4.69, 9.17) is 0 Å². The highest BCUT2D eigenvalue weighted by Crippen LogP contribution is 2.43. The smallest absolute Gasteiger partial charge is 0.244 e. The van der Waals surface area contributed by atoms with Crippen LogP contribution in [-0.4, -0.2) is 23.3 Å². The van der Waals surface area contributed by atoms with Gasteiger partial charge < -0.3 is 10.2 Å². The van der Waals surface area contributed by atoms with Crippen LogP contribution in [0.5, 0.6) is 0 Å². The number of rotatable bonds is 2. The highest BCUT2D eigenvalue weighted by Gasteiger charge is 2.43. The number of hydrogen-bond donors (Lipinski definition) is 1. The predicted octanol–water partition coefficient (Wildman–Crippen LogP) is 2.38. The molecule has 7 heteroatoms. The molecule has 4 rings (SSSR count). The Balaban J connectivity index is 1.77. The van der Waals surface area contributed by atoms with Gasteiger partial charge in [0, 0.05) is 29.2 Å². The molecule has 2 aromatic rings. The second-order valence-corrected chi connectivity index (χ2v) is 5.94. The maximum atomic E-state index is 13.8. The van der Waals surface area contributed by atoms with Gasteiger partial charge in [0.05, 0.1) is 5.69 Å². The molecule has 3 heterocycles. The van der Waals surface area contributed by atoms with E-state index >= 15 is 0 Å². The van der Waals surface area contributed by atoms with Crippen LogP contribution in [0.4, 0.5) is 15.2 Å². The van der Waals surface area contributed by atoms with Crippen LogP contribution in [0.25, 0.3) is 6.08 Å². The standard InChI is InChI=1S/C15H10FN3O2S/c16-9-6-8-2-1-4-19-12(8)10(7-9)11(14(19)21)13(20)18-15-17-3-5-22-15/h1-3,5-7,11H,4H2,(H,17,18,20). The zero-order chi connectivity index (χ0) is 15.3. The van der Waals surface area contributed by atoms with Crippen LogP contribution in [0.15, 0.2) is 29.8 Å². The molecule has 0 fully saturated rings. The van der Waals surface area contributed by atoms with E-state index in [1.54, 1.807) is 23.7 Å². The van der Waals surface area contributed by atoms with E-state index in [2.05, 4.69) is 10.3 Å². The van der Waals surface area contributed by atoms with Crippen LogP contribution in [0.1, 0.15) is 17.0 Å². The molecule has 1 unspecified atom stereocenters. The molecule has 0 aliphatic carbocycles. The third-order valence-corrected chi connectivity index (χ3v) is 4.43. The summed E-state index contributed by atoms with van der Waals surface area (Å²) < 4.78 is 13.8. The largest absolute Gasteiger partial charge is 0.307 e. The molecule has 0 saturated carbocycles. The molecule has 0 saturated heterocycles. The lowest BCUT2D eigenvalue weighted by Crippen LogP contribution is -2.34. The first-order valence-electron chi connectivity index (χ1n) is 6.67. The average Bonchev–Trinajstić information content (AvgIpc) is 3.07. The summed E-state index contributed by atoms with van der Waals surface area (Å²) >= 11 is 1.26. The number of thiazole rings is 1. The van der Waals surface area contributed by atoms with Crippen molar-refractivity contribution >= 4 is 40.0 Å². The predicted molar refractivity (Wildman–Crippen MR) is 81.3 cm³/mol. The first-order chi connectivity index (χ1) is 10.6. The molecule has 110 valence electrons. The number of carbonyl (C=O) groups excluding carboxylic acids is 2. The maximum absolute atomic E-state index is 13.8. The fourth-order valence-corrected chi connectivity index (χ4v) is 3.41.